The molecule has 0 bridgehead atoms. The number of nitrogens with one attached hydrogen (secondary N) is 1. The average molecular weight is 360 g/mol. The smallest absolute Gasteiger partial charge is 0.0549 e. The molecule has 0 radical (unpaired) electrons. The zero-order valence-corrected chi connectivity index (χ0v) is 14.8. The molecule has 112 valence electrons. The second kappa shape index (κ2) is 5.86. The van der Waals surface area contributed by atoms with Crippen LogP contribution in [-0.4, -0.2) is 12.1 Å². The van der Waals surface area contributed by atoms with Gasteiger partial charge in [-0.2, -0.15) is 0 Å². The quantitative estimate of drug-likeness (QED) is 0.791. The maximum Gasteiger partial charge on any atom is 0.0549 e. The lowest BCUT2D eigenvalue weighted by Crippen LogP contribution is -2.52. The minimum Gasteiger partial charge on any atom is -0.378 e. The highest BCUT2D eigenvalue weighted by Crippen LogP contribution is 2.45. The number of benzene rings is 1. The monoisotopic (exact) mass is 358 g/mol. The molecule has 0 saturated heterocycles. The SMILES string of the molecule is CC1CC(C)(C)CC(CN)(Nc2ccc(Cl)c(Br)c2)C1. The van der Waals surface area contributed by atoms with Crippen LogP contribution in [0.4, 0.5) is 5.69 Å². The first kappa shape index (κ1) is 16.1. The van der Waals surface area contributed by atoms with Crippen LogP contribution in [0.3, 0.4) is 0 Å². The molecule has 0 aliphatic heterocycles. The molecule has 2 nitrogen and oxygen atoms in total. The molecule has 3 N–H and O–H groups in total. The van der Waals surface area contributed by atoms with Gasteiger partial charge in [-0.25, -0.2) is 0 Å². The van der Waals surface area contributed by atoms with Crippen molar-refractivity contribution >= 4 is 33.2 Å². The van der Waals surface area contributed by atoms with Gasteiger partial charge < -0.3 is 11.1 Å². The highest BCUT2D eigenvalue weighted by Gasteiger charge is 2.42. The second-order valence-electron chi connectivity index (χ2n) is 7.09. The molecule has 1 saturated carbocycles. The Labute approximate surface area is 135 Å². The number of hydrogen-bond donors (Lipinski definition) is 2. The third kappa shape index (κ3) is 3.69. The summed E-state index contributed by atoms with van der Waals surface area (Å²) in [6.07, 6.45) is 3.48. The van der Waals surface area contributed by atoms with Gasteiger partial charge in [0.15, 0.2) is 0 Å². The van der Waals surface area contributed by atoms with E-state index in [0.29, 0.717) is 17.9 Å². The average Bonchev–Trinajstić information content (AvgIpc) is 2.31. The molecule has 4 heteroatoms. The number of rotatable bonds is 3. The van der Waals surface area contributed by atoms with Gasteiger partial charge in [-0.05, 0) is 64.7 Å². The molecule has 1 aliphatic rings. The summed E-state index contributed by atoms with van der Waals surface area (Å²) in [6.45, 7) is 7.66. The van der Waals surface area contributed by atoms with Crippen LogP contribution in [0.5, 0.6) is 0 Å². The van der Waals surface area contributed by atoms with Gasteiger partial charge in [-0.15, -0.1) is 0 Å². The van der Waals surface area contributed by atoms with Crippen LogP contribution in [0.1, 0.15) is 40.0 Å². The molecule has 1 aromatic rings. The lowest BCUT2D eigenvalue weighted by Gasteiger charge is -2.48. The van der Waals surface area contributed by atoms with E-state index in [-0.39, 0.29) is 5.54 Å². The van der Waals surface area contributed by atoms with Crippen LogP contribution in [0.25, 0.3) is 0 Å². The van der Waals surface area contributed by atoms with Crippen LogP contribution < -0.4 is 11.1 Å². The van der Waals surface area contributed by atoms with Crippen LogP contribution in [0, 0.1) is 11.3 Å². The molecule has 0 aromatic heterocycles. The third-order valence-corrected chi connectivity index (χ3v) is 5.39. The van der Waals surface area contributed by atoms with Gasteiger partial charge in [0.1, 0.15) is 0 Å². The van der Waals surface area contributed by atoms with Crippen molar-refractivity contribution in [1.82, 2.24) is 0 Å². The molecular weight excluding hydrogens is 336 g/mol. The lowest BCUT2D eigenvalue weighted by atomic mass is 9.64. The van der Waals surface area contributed by atoms with E-state index in [1.54, 1.807) is 0 Å². The fourth-order valence-electron chi connectivity index (χ4n) is 3.92. The van der Waals surface area contributed by atoms with E-state index in [1.807, 2.05) is 18.2 Å². The van der Waals surface area contributed by atoms with Gasteiger partial charge in [-0.3, -0.25) is 0 Å². The van der Waals surface area contributed by atoms with Crippen LogP contribution >= 0.6 is 27.5 Å². The van der Waals surface area contributed by atoms with Gasteiger partial charge in [0.05, 0.1) is 10.6 Å². The Hall–Kier alpha value is -0.250. The van der Waals surface area contributed by atoms with E-state index in [2.05, 4.69) is 42.0 Å². The predicted octanol–water partition coefficient (Wildman–Crippen LogP) is 5.06. The predicted molar refractivity (Wildman–Crippen MR) is 91.4 cm³/mol. The van der Waals surface area contributed by atoms with Gasteiger partial charge >= 0.3 is 0 Å². The summed E-state index contributed by atoms with van der Waals surface area (Å²) >= 11 is 9.54. The first-order valence-corrected chi connectivity index (χ1v) is 8.36. The fraction of sp³-hybridized carbons (Fsp3) is 0.625. The zero-order valence-electron chi connectivity index (χ0n) is 12.5. The molecule has 20 heavy (non-hydrogen) atoms. The summed E-state index contributed by atoms with van der Waals surface area (Å²) in [6, 6.07) is 5.97. The van der Waals surface area contributed by atoms with E-state index in [0.717, 1.165) is 28.0 Å². The van der Waals surface area contributed by atoms with Gasteiger partial charge in [0, 0.05) is 16.7 Å². The van der Waals surface area contributed by atoms with Crippen molar-refractivity contribution < 1.29 is 0 Å². The molecule has 0 spiro atoms. The Kier molecular flexibility index (Phi) is 4.73. The molecule has 1 aromatic carbocycles. The van der Waals surface area contributed by atoms with Gasteiger partial charge in [0.2, 0.25) is 0 Å². The Morgan fingerprint density at radius 2 is 2.10 bits per heavy atom. The second-order valence-corrected chi connectivity index (χ2v) is 8.35. The van der Waals surface area contributed by atoms with Crippen molar-refractivity contribution in [2.45, 2.75) is 45.6 Å². The summed E-state index contributed by atoms with van der Waals surface area (Å²) in [5.41, 5.74) is 7.52. The molecule has 1 fully saturated rings. The molecule has 0 amide bonds. The maximum atomic E-state index is 6.14. The maximum absolute atomic E-state index is 6.14. The minimum absolute atomic E-state index is 0.0194. The van der Waals surface area contributed by atoms with Gasteiger partial charge in [-0.1, -0.05) is 32.4 Å². The number of halogens is 2. The Morgan fingerprint density at radius 1 is 1.40 bits per heavy atom. The molecule has 0 heterocycles. The molecule has 2 unspecified atom stereocenters. The van der Waals surface area contributed by atoms with Crippen LogP contribution in [0.15, 0.2) is 22.7 Å². The van der Waals surface area contributed by atoms with Crippen LogP contribution in [-0.2, 0) is 0 Å². The standard InChI is InChI=1S/C16H24BrClN2/c1-11-7-15(2,3)9-16(8-11,10-19)20-12-4-5-14(18)13(17)6-12/h4-6,11,20H,7-10,19H2,1-3H3. The lowest BCUT2D eigenvalue weighted by molar-refractivity contribution is 0.125. The Bertz CT molecular complexity index is 489. The van der Waals surface area contributed by atoms with Crippen molar-refractivity contribution in [1.29, 1.82) is 0 Å². The van der Waals surface area contributed by atoms with Crippen molar-refractivity contribution in [2.75, 3.05) is 11.9 Å². The Balaban J connectivity index is 2.24. The first-order valence-electron chi connectivity index (χ1n) is 7.19. The highest BCUT2D eigenvalue weighted by molar-refractivity contribution is 9.10. The third-order valence-electron chi connectivity index (χ3n) is 4.18. The topological polar surface area (TPSA) is 38.0 Å². The summed E-state index contributed by atoms with van der Waals surface area (Å²) in [5.74, 6) is 0.686. The summed E-state index contributed by atoms with van der Waals surface area (Å²) < 4.78 is 0.916. The first-order chi connectivity index (χ1) is 9.25. The molecule has 2 rings (SSSR count). The van der Waals surface area contributed by atoms with E-state index in [1.165, 1.54) is 6.42 Å². The van der Waals surface area contributed by atoms with E-state index in [4.69, 9.17) is 17.3 Å². The summed E-state index contributed by atoms with van der Waals surface area (Å²) in [4.78, 5) is 0. The van der Waals surface area contributed by atoms with Crippen molar-refractivity contribution in [3.63, 3.8) is 0 Å². The summed E-state index contributed by atoms with van der Waals surface area (Å²) in [7, 11) is 0. The van der Waals surface area contributed by atoms with Crippen LogP contribution in [0.2, 0.25) is 5.02 Å². The number of nitrogens with two attached hydrogens (primary N) is 1. The largest absolute Gasteiger partial charge is 0.378 e. The molecular formula is C16H24BrClN2. The molecule has 1 aliphatic carbocycles. The zero-order chi connectivity index (χ0) is 15.0. The van der Waals surface area contributed by atoms with E-state index < -0.39 is 0 Å². The van der Waals surface area contributed by atoms with Gasteiger partial charge in [0.25, 0.3) is 0 Å². The summed E-state index contributed by atoms with van der Waals surface area (Å²) in [5, 5.41) is 4.42. The van der Waals surface area contributed by atoms with E-state index in [9.17, 15) is 0 Å². The molecule has 2 atom stereocenters. The minimum atomic E-state index is -0.0194. The number of hydrogen-bond acceptors (Lipinski definition) is 2. The highest BCUT2D eigenvalue weighted by atomic mass is 79.9. The Morgan fingerprint density at radius 3 is 2.65 bits per heavy atom. The number of anilines is 1. The van der Waals surface area contributed by atoms with Crippen molar-refractivity contribution in [3.05, 3.63) is 27.7 Å². The normalized spacial score (nSPS) is 29.2. The van der Waals surface area contributed by atoms with Crippen molar-refractivity contribution in [2.24, 2.45) is 17.1 Å². The van der Waals surface area contributed by atoms with E-state index >= 15 is 0 Å². The fourth-order valence-corrected chi connectivity index (χ4v) is 4.42. The van der Waals surface area contributed by atoms with Crippen molar-refractivity contribution in [3.8, 4) is 0 Å².